The minimum atomic E-state index is -5.03. The molecular formula is C23H28BCl3N8NaO15SSe. The van der Waals surface area contributed by atoms with Gasteiger partial charge in [0.25, 0.3) is 22.2 Å². The van der Waals surface area contributed by atoms with E-state index in [4.69, 9.17) is 25.1 Å². The number of aliphatic hydroxyl groups is 1. The van der Waals surface area contributed by atoms with Crippen LogP contribution >= 0.6 is 33.0 Å². The Balaban J connectivity index is -0.000000179. The minimum Gasteiger partial charge on any atom is -1.00 e. The number of carbonyl (C=O) groups is 2. The molecule has 23 nitrogen and oxygen atoms in total. The van der Waals surface area contributed by atoms with Gasteiger partial charge in [0.15, 0.2) is 0 Å². The summed E-state index contributed by atoms with van der Waals surface area (Å²) in [4.78, 5) is 121. The second-order valence-electron chi connectivity index (χ2n) is 8.42. The summed E-state index contributed by atoms with van der Waals surface area (Å²) in [6.07, 6.45) is 0.671. The molecule has 4 aromatic rings. The standard InChI is InChI=1S/C6H6N2O3.C5H5ClN2O2.C5H6N2O3.C5H6N2O2.C2H4O4Se.B.Cl2OS.Na.H/c9-2-1-4-3-5(10)8-6(11)7-4;6-2-3-1-4(9)8-5(10)7-3;8-2-3-1-4(9)7-5(10)6-3;1-3-2-4(8)7-5(9)6-3;1-2(3)7(4,5)6;;1-4(2)3;;/h2-3H,1H2,(H2,7,8,10,11);1H,2H2,(H2,7,8,9,10);1,8H,2H2,(H2,6,7,9,10);2H,1H3,(H2,6,7,8,9);1H3,(H,4,5,6);;;;/q;;;;;;;+1;-1. The maximum absolute atomic E-state index is 10.6. The molecule has 53 heavy (non-hydrogen) atoms. The van der Waals surface area contributed by atoms with Crippen molar-refractivity contribution in [3.8, 4) is 0 Å². The molecule has 3 radical (unpaired) electrons. The van der Waals surface area contributed by atoms with Gasteiger partial charge in [0.1, 0.15) is 6.29 Å². The smallest absolute Gasteiger partial charge is 1.00 e. The SMILES string of the molecule is CC(=O)[Se](=O)(=O)O.Cc1cc(=O)[nH]c(=O)[nH]1.O=CCc1cc(=O)[nH]c(=O)[nH]1.O=S(Cl)Cl.O=c1cc(CCl)[nH]c(=O)[nH]1.O=c1cc(CO)[nH]c(=O)[nH]1.[B].[H-].[Na+]. The molecule has 4 heterocycles. The Kier molecular flexibility index (Phi) is 31.3. The number of aliphatic hydroxyl groups excluding tert-OH is 1. The van der Waals surface area contributed by atoms with Crippen molar-refractivity contribution in [3.05, 3.63) is 130 Å². The van der Waals surface area contributed by atoms with Crippen molar-refractivity contribution in [2.45, 2.75) is 32.8 Å². The van der Waals surface area contributed by atoms with Gasteiger partial charge < -0.3 is 31.3 Å². The Morgan fingerprint density at radius 2 is 1.04 bits per heavy atom. The van der Waals surface area contributed by atoms with Crippen LogP contribution in [0.5, 0.6) is 0 Å². The van der Waals surface area contributed by atoms with E-state index < -0.39 is 66.4 Å². The molecule has 0 aliphatic rings. The number of aryl methyl sites for hydroxylation is 1. The third-order valence-electron chi connectivity index (χ3n) is 4.32. The van der Waals surface area contributed by atoms with E-state index in [0.29, 0.717) is 23.4 Å². The molecule has 0 atom stereocenters. The van der Waals surface area contributed by atoms with Crippen LogP contribution in [-0.4, -0.2) is 85.8 Å². The largest absolute Gasteiger partial charge is 1.00 e. The third-order valence-corrected chi connectivity index (χ3v) is 6.14. The van der Waals surface area contributed by atoms with Gasteiger partial charge in [0.05, 0.1) is 18.2 Å². The molecule has 287 valence electrons. The van der Waals surface area contributed by atoms with Gasteiger partial charge in [-0.2, -0.15) is 0 Å². The normalized spacial score (nSPS) is 9.36. The van der Waals surface area contributed by atoms with Crippen LogP contribution in [0.2, 0.25) is 0 Å². The number of rotatable bonds is 5. The van der Waals surface area contributed by atoms with E-state index in [-0.39, 0.29) is 69.6 Å². The van der Waals surface area contributed by atoms with Gasteiger partial charge in [-0.05, 0) is 6.92 Å². The summed E-state index contributed by atoms with van der Waals surface area (Å²) >= 11 is 0.320. The van der Waals surface area contributed by atoms with Crippen LogP contribution in [0.4, 0.5) is 0 Å². The molecule has 0 fully saturated rings. The summed E-state index contributed by atoms with van der Waals surface area (Å²) in [7, 11) is 7.36. The van der Waals surface area contributed by atoms with E-state index >= 15 is 0 Å². The fourth-order valence-corrected chi connectivity index (χ4v) is 2.65. The predicted molar refractivity (Wildman–Crippen MR) is 187 cm³/mol. The second kappa shape index (κ2) is 29.6. The molecule has 0 aliphatic heterocycles. The molecule has 0 unspecified atom stereocenters. The van der Waals surface area contributed by atoms with Gasteiger partial charge in [-0.25, -0.2) is 23.4 Å². The van der Waals surface area contributed by atoms with Crippen molar-refractivity contribution in [1.82, 2.24) is 39.9 Å². The van der Waals surface area contributed by atoms with Gasteiger partial charge in [0, 0.05) is 77.5 Å². The zero-order valence-corrected chi connectivity index (χ0v) is 34.0. The average molecular weight is 908 g/mol. The fraction of sp³-hybridized carbons (Fsp3) is 0.217. The zero-order valence-electron chi connectivity index (χ0n) is 28.2. The number of alkyl halides is 1. The molecule has 30 heteroatoms. The molecule has 0 aliphatic carbocycles. The van der Waals surface area contributed by atoms with E-state index in [1.165, 1.54) is 18.2 Å². The Labute approximate surface area is 337 Å². The Morgan fingerprint density at radius 3 is 1.32 bits per heavy atom. The number of aromatic nitrogens is 8. The zero-order chi connectivity index (χ0) is 39.9. The first-order chi connectivity index (χ1) is 23.5. The Hall–Kier alpha value is -3.82. The van der Waals surface area contributed by atoms with Crippen LogP contribution in [0.25, 0.3) is 0 Å². The Morgan fingerprint density at radius 1 is 0.736 bits per heavy atom. The number of aromatic amines is 8. The third kappa shape index (κ3) is 31.4. The van der Waals surface area contributed by atoms with Crippen molar-refractivity contribution in [3.63, 3.8) is 0 Å². The molecule has 10 N–H and O–H groups in total. The molecule has 4 aromatic heterocycles. The van der Waals surface area contributed by atoms with Crippen molar-refractivity contribution in [2.24, 2.45) is 0 Å². The first-order valence-electron chi connectivity index (χ1n) is 12.6. The monoisotopic (exact) mass is 907 g/mol. The fourth-order valence-electron chi connectivity index (χ4n) is 2.51. The van der Waals surface area contributed by atoms with Crippen LogP contribution in [0.3, 0.4) is 0 Å². The summed E-state index contributed by atoms with van der Waals surface area (Å²) in [6, 6.07) is 4.87. The number of carbonyl (C=O) groups excluding carboxylic acids is 2. The predicted octanol–water partition coefficient (Wildman–Crippen LogP) is -6.78. The summed E-state index contributed by atoms with van der Waals surface area (Å²) < 4.78 is 34.9. The maximum atomic E-state index is 10.6. The van der Waals surface area contributed by atoms with Gasteiger partial charge in [-0.1, -0.05) is 0 Å². The summed E-state index contributed by atoms with van der Waals surface area (Å²) in [5.74, 6) is 0.138. The number of nitrogens with one attached hydrogen (secondary N) is 8. The molecule has 0 saturated heterocycles. The first kappa shape index (κ1) is 55.9. The molecule has 0 spiro atoms. The Bertz CT molecular complexity index is 2180. The van der Waals surface area contributed by atoms with Crippen molar-refractivity contribution >= 4 is 74.6 Å². The molecule has 0 amide bonds. The topological polar surface area (TPSA) is 389 Å². The number of H-pyrrole nitrogens is 8. The maximum Gasteiger partial charge on any atom is 1.00 e. The molecular weight excluding hydrogens is 879 g/mol. The van der Waals surface area contributed by atoms with E-state index in [1.54, 1.807) is 6.92 Å². The van der Waals surface area contributed by atoms with Crippen LogP contribution in [0.15, 0.2) is 62.6 Å². The van der Waals surface area contributed by atoms with E-state index in [2.05, 4.69) is 41.3 Å². The van der Waals surface area contributed by atoms with Gasteiger partial charge in [-0.15, -0.1) is 11.6 Å². The quantitative estimate of drug-likeness (QED) is 0.0385. The van der Waals surface area contributed by atoms with Crippen LogP contribution in [0.1, 0.15) is 31.1 Å². The van der Waals surface area contributed by atoms with Crippen molar-refractivity contribution < 1.29 is 61.7 Å². The second-order valence-corrected chi connectivity index (χ2v) is 14.4. The molecule has 0 saturated carbocycles. The minimum absolute atomic E-state index is 0. The van der Waals surface area contributed by atoms with Crippen molar-refractivity contribution in [1.29, 1.82) is 0 Å². The van der Waals surface area contributed by atoms with Crippen LogP contribution in [0, 0.1) is 6.92 Å². The van der Waals surface area contributed by atoms with Crippen LogP contribution in [-0.2, 0) is 45.4 Å². The number of hydrogen-bond donors (Lipinski definition) is 10. The molecule has 4 rings (SSSR count). The van der Waals surface area contributed by atoms with Gasteiger partial charge >= 0.3 is 93.6 Å². The van der Waals surface area contributed by atoms with Crippen molar-refractivity contribution in [2.75, 3.05) is 0 Å². The summed E-state index contributed by atoms with van der Waals surface area (Å²) in [5, 5.41) is 8.46. The summed E-state index contributed by atoms with van der Waals surface area (Å²) in [6.45, 7) is 2.12. The van der Waals surface area contributed by atoms with E-state index in [0.717, 1.165) is 13.0 Å². The van der Waals surface area contributed by atoms with E-state index in [9.17, 15) is 55.6 Å². The van der Waals surface area contributed by atoms with Gasteiger partial charge in [-0.3, -0.25) is 39.1 Å². The average Bonchev–Trinajstić information content (AvgIpc) is 2.95. The first-order valence-corrected chi connectivity index (χ1v) is 19.0. The van der Waals surface area contributed by atoms with Crippen LogP contribution < -0.4 is 74.6 Å². The van der Waals surface area contributed by atoms with Gasteiger partial charge in [0.2, 0.25) is 9.23 Å². The molecule has 0 aromatic carbocycles. The summed E-state index contributed by atoms with van der Waals surface area (Å²) in [5.41, 5.74) is -2.43. The van der Waals surface area contributed by atoms with E-state index in [1.807, 2.05) is 19.9 Å². The molecule has 0 bridgehead atoms. The number of hydrogen-bond acceptors (Lipinski definition) is 14. The number of aldehydes is 1. The number of halogens is 3.